The zero-order valence-electron chi connectivity index (χ0n) is 10.5. The molecule has 1 aliphatic heterocycles. The van der Waals surface area contributed by atoms with E-state index in [0.29, 0.717) is 6.42 Å². The van der Waals surface area contributed by atoms with Gasteiger partial charge >= 0.3 is 0 Å². The van der Waals surface area contributed by atoms with Crippen molar-refractivity contribution in [2.45, 2.75) is 18.9 Å². The SMILES string of the molecule is O=C(Cc1c[nH]c2cc(F)ccc12)N[C@@H]1CCNC1. The molecule has 1 saturated heterocycles. The number of aromatic amines is 1. The smallest absolute Gasteiger partial charge is 0.224 e. The molecule has 0 aliphatic carbocycles. The highest BCUT2D eigenvalue weighted by molar-refractivity contribution is 5.89. The second-order valence-corrected chi connectivity index (χ2v) is 4.94. The van der Waals surface area contributed by atoms with Gasteiger partial charge in [0.15, 0.2) is 0 Å². The molecule has 0 radical (unpaired) electrons. The molecule has 1 atom stereocenters. The number of fused-ring (bicyclic) bond motifs is 1. The van der Waals surface area contributed by atoms with Gasteiger partial charge in [0.1, 0.15) is 5.82 Å². The monoisotopic (exact) mass is 261 g/mol. The van der Waals surface area contributed by atoms with Gasteiger partial charge in [0.05, 0.1) is 6.42 Å². The summed E-state index contributed by atoms with van der Waals surface area (Å²) in [6.07, 6.45) is 3.07. The maximum atomic E-state index is 13.1. The van der Waals surface area contributed by atoms with Gasteiger partial charge in [0.25, 0.3) is 0 Å². The van der Waals surface area contributed by atoms with Crippen LogP contribution in [0.15, 0.2) is 24.4 Å². The van der Waals surface area contributed by atoms with Gasteiger partial charge in [0.2, 0.25) is 5.91 Å². The minimum Gasteiger partial charge on any atom is -0.361 e. The Morgan fingerprint density at radius 1 is 1.47 bits per heavy atom. The Kier molecular flexibility index (Phi) is 3.21. The molecule has 3 N–H and O–H groups in total. The normalized spacial score (nSPS) is 18.9. The molecule has 3 rings (SSSR count). The van der Waals surface area contributed by atoms with E-state index >= 15 is 0 Å². The summed E-state index contributed by atoms with van der Waals surface area (Å²) in [5.41, 5.74) is 1.63. The van der Waals surface area contributed by atoms with Gasteiger partial charge < -0.3 is 15.6 Å². The van der Waals surface area contributed by atoms with Crippen LogP contribution in [0.3, 0.4) is 0 Å². The summed E-state index contributed by atoms with van der Waals surface area (Å²) in [6, 6.07) is 4.80. The summed E-state index contributed by atoms with van der Waals surface area (Å²) >= 11 is 0. The minimum atomic E-state index is -0.276. The van der Waals surface area contributed by atoms with E-state index in [9.17, 15) is 9.18 Å². The molecule has 1 aliphatic rings. The minimum absolute atomic E-state index is 0.0129. The van der Waals surface area contributed by atoms with Crippen molar-refractivity contribution < 1.29 is 9.18 Å². The van der Waals surface area contributed by atoms with Crippen molar-refractivity contribution in [2.24, 2.45) is 0 Å². The van der Waals surface area contributed by atoms with Crippen molar-refractivity contribution >= 4 is 16.8 Å². The zero-order valence-corrected chi connectivity index (χ0v) is 10.5. The Labute approximate surface area is 110 Å². The third-order valence-corrected chi connectivity index (χ3v) is 3.51. The van der Waals surface area contributed by atoms with E-state index in [1.807, 2.05) is 0 Å². The second-order valence-electron chi connectivity index (χ2n) is 4.94. The number of halogens is 1. The van der Waals surface area contributed by atoms with Crippen LogP contribution in [-0.4, -0.2) is 30.0 Å². The van der Waals surface area contributed by atoms with E-state index in [2.05, 4.69) is 15.6 Å². The average Bonchev–Trinajstić information content (AvgIpc) is 2.99. The Balaban J connectivity index is 1.72. The summed E-state index contributed by atoms with van der Waals surface area (Å²) in [4.78, 5) is 14.9. The predicted octanol–water partition coefficient (Wildman–Crippen LogP) is 1.33. The average molecular weight is 261 g/mol. The molecule has 0 spiro atoms. The third-order valence-electron chi connectivity index (χ3n) is 3.51. The lowest BCUT2D eigenvalue weighted by Crippen LogP contribution is -2.37. The Bertz CT molecular complexity index is 602. The second kappa shape index (κ2) is 5.01. The lowest BCUT2D eigenvalue weighted by molar-refractivity contribution is -0.121. The molecule has 0 bridgehead atoms. The fourth-order valence-electron chi connectivity index (χ4n) is 2.53. The first-order valence-corrected chi connectivity index (χ1v) is 6.48. The molecule has 100 valence electrons. The van der Waals surface area contributed by atoms with Crippen LogP contribution in [0.5, 0.6) is 0 Å². The van der Waals surface area contributed by atoms with Crippen molar-refractivity contribution in [3.63, 3.8) is 0 Å². The summed E-state index contributed by atoms with van der Waals surface area (Å²) in [5, 5.41) is 7.12. The number of carbonyl (C=O) groups is 1. The molecule has 2 aromatic rings. The zero-order chi connectivity index (χ0) is 13.2. The van der Waals surface area contributed by atoms with Crippen molar-refractivity contribution in [1.29, 1.82) is 0 Å². The first-order valence-electron chi connectivity index (χ1n) is 6.48. The molecule has 1 aromatic heterocycles. The molecule has 0 unspecified atom stereocenters. The van der Waals surface area contributed by atoms with E-state index in [1.54, 1.807) is 12.3 Å². The number of H-pyrrole nitrogens is 1. The fraction of sp³-hybridized carbons (Fsp3) is 0.357. The summed E-state index contributed by atoms with van der Waals surface area (Å²) in [5.74, 6) is -0.263. The number of benzene rings is 1. The van der Waals surface area contributed by atoms with Crippen molar-refractivity contribution in [3.05, 3.63) is 35.8 Å². The third kappa shape index (κ3) is 2.61. The molecule has 2 heterocycles. The number of carbonyl (C=O) groups excluding carboxylic acids is 1. The Morgan fingerprint density at radius 3 is 3.16 bits per heavy atom. The van der Waals surface area contributed by atoms with Gasteiger partial charge in [-0.05, 0) is 36.7 Å². The molecule has 4 nitrogen and oxygen atoms in total. The molecule has 19 heavy (non-hydrogen) atoms. The molecule has 1 amide bonds. The van der Waals surface area contributed by atoms with Crippen LogP contribution in [0, 0.1) is 5.82 Å². The maximum absolute atomic E-state index is 13.1. The largest absolute Gasteiger partial charge is 0.361 e. The van der Waals surface area contributed by atoms with Gasteiger partial charge in [-0.1, -0.05) is 0 Å². The predicted molar refractivity (Wildman–Crippen MR) is 71.4 cm³/mol. The fourth-order valence-corrected chi connectivity index (χ4v) is 2.53. The number of aromatic nitrogens is 1. The Hall–Kier alpha value is -1.88. The summed E-state index contributed by atoms with van der Waals surface area (Å²) in [7, 11) is 0. The van der Waals surface area contributed by atoms with Crippen molar-refractivity contribution in [3.8, 4) is 0 Å². The number of hydrogen-bond donors (Lipinski definition) is 3. The van der Waals surface area contributed by atoms with Crippen LogP contribution in [0.2, 0.25) is 0 Å². The Morgan fingerprint density at radius 2 is 2.37 bits per heavy atom. The van der Waals surface area contributed by atoms with Gasteiger partial charge in [0, 0.05) is 29.7 Å². The van der Waals surface area contributed by atoms with E-state index in [4.69, 9.17) is 0 Å². The van der Waals surface area contributed by atoms with Crippen molar-refractivity contribution in [2.75, 3.05) is 13.1 Å². The van der Waals surface area contributed by atoms with Crippen LogP contribution in [0.4, 0.5) is 4.39 Å². The van der Waals surface area contributed by atoms with Crippen LogP contribution >= 0.6 is 0 Å². The summed E-state index contributed by atoms with van der Waals surface area (Å²) < 4.78 is 13.1. The van der Waals surface area contributed by atoms with Gasteiger partial charge in [-0.3, -0.25) is 4.79 Å². The maximum Gasteiger partial charge on any atom is 0.224 e. The number of nitrogens with one attached hydrogen (secondary N) is 3. The quantitative estimate of drug-likeness (QED) is 0.780. The van der Waals surface area contributed by atoms with Crippen LogP contribution in [0.1, 0.15) is 12.0 Å². The van der Waals surface area contributed by atoms with Crippen molar-refractivity contribution in [1.82, 2.24) is 15.6 Å². The number of hydrogen-bond acceptors (Lipinski definition) is 2. The van der Waals surface area contributed by atoms with Gasteiger partial charge in [-0.15, -0.1) is 0 Å². The number of rotatable bonds is 3. The topological polar surface area (TPSA) is 56.9 Å². The summed E-state index contributed by atoms with van der Waals surface area (Å²) in [6.45, 7) is 1.79. The lowest BCUT2D eigenvalue weighted by atomic mass is 10.1. The van der Waals surface area contributed by atoms with Crippen LogP contribution in [0.25, 0.3) is 10.9 Å². The molecule has 1 fully saturated rings. The van der Waals surface area contributed by atoms with E-state index in [-0.39, 0.29) is 17.8 Å². The van der Waals surface area contributed by atoms with Crippen LogP contribution in [-0.2, 0) is 11.2 Å². The molecule has 0 saturated carbocycles. The first-order chi connectivity index (χ1) is 9.22. The number of amides is 1. The lowest BCUT2D eigenvalue weighted by Gasteiger charge is -2.10. The van der Waals surface area contributed by atoms with Gasteiger partial charge in [-0.25, -0.2) is 4.39 Å². The molecule has 1 aromatic carbocycles. The van der Waals surface area contributed by atoms with Crippen LogP contribution < -0.4 is 10.6 Å². The molecular formula is C14H16FN3O. The van der Waals surface area contributed by atoms with E-state index < -0.39 is 0 Å². The standard InChI is InChI=1S/C14H16FN3O/c15-10-1-2-12-9(7-17-13(12)6-10)5-14(19)18-11-3-4-16-8-11/h1-2,6-7,11,16-17H,3-5,8H2,(H,18,19)/t11-/m1/s1. The highest BCUT2D eigenvalue weighted by Crippen LogP contribution is 2.19. The molecule has 5 heteroatoms. The molecular weight excluding hydrogens is 245 g/mol. The van der Waals surface area contributed by atoms with E-state index in [0.717, 1.165) is 36.0 Å². The van der Waals surface area contributed by atoms with E-state index in [1.165, 1.54) is 12.1 Å². The van der Waals surface area contributed by atoms with Gasteiger partial charge in [-0.2, -0.15) is 0 Å². The highest BCUT2D eigenvalue weighted by atomic mass is 19.1. The first kappa shape index (κ1) is 12.2. The highest BCUT2D eigenvalue weighted by Gasteiger charge is 2.17.